The van der Waals surface area contributed by atoms with Gasteiger partial charge >= 0.3 is 12.1 Å². The molecule has 0 spiro atoms. The number of benzene rings is 1. The maximum Gasteiger partial charge on any atom is 0.490 e. The number of hydrogen-bond acceptors (Lipinski definition) is 5. The van der Waals surface area contributed by atoms with Gasteiger partial charge in [-0.3, -0.25) is 4.79 Å². The smallest absolute Gasteiger partial charge is 0.475 e. The largest absolute Gasteiger partial charge is 0.490 e. The van der Waals surface area contributed by atoms with Gasteiger partial charge in [-0.05, 0) is 42.1 Å². The van der Waals surface area contributed by atoms with Crippen molar-refractivity contribution in [3.05, 3.63) is 43.1 Å². The lowest BCUT2D eigenvalue weighted by molar-refractivity contribution is -0.192. The minimum atomic E-state index is -5.08. The number of carbonyl (C=O) groups is 2. The van der Waals surface area contributed by atoms with Crippen LogP contribution in [0, 0.1) is 0 Å². The molecule has 0 bridgehead atoms. The van der Waals surface area contributed by atoms with E-state index in [0.29, 0.717) is 0 Å². The molecule has 1 aromatic carbocycles. The molecule has 1 saturated heterocycles. The zero-order valence-corrected chi connectivity index (χ0v) is 14.7. The second-order valence-corrected chi connectivity index (χ2v) is 6.06. The molecule has 10 heteroatoms. The quantitative estimate of drug-likeness (QED) is 0.688. The van der Waals surface area contributed by atoms with E-state index in [4.69, 9.17) is 15.6 Å². The van der Waals surface area contributed by atoms with Crippen molar-refractivity contribution in [2.24, 2.45) is 5.73 Å². The Hall–Kier alpha value is -3.14. The Bertz CT molecular complexity index is 886. The SMILES string of the molecule is C=CC(=O)Nc1ccc2c(N3CCC(N)C3)nccc2c1.O=C(O)C(F)(F)F. The van der Waals surface area contributed by atoms with Crippen molar-refractivity contribution in [3.8, 4) is 0 Å². The maximum absolute atomic E-state index is 11.4. The first-order chi connectivity index (χ1) is 13.1. The van der Waals surface area contributed by atoms with Gasteiger partial charge in [-0.1, -0.05) is 6.58 Å². The molecule has 1 atom stereocenters. The van der Waals surface area contributed by atoms with Gasteiger partial charge in [-0.2, -0.15) is 13.2 Å². The van der Waals surface area contributed by atoms with Crippen molar-refractivity contribution >= 4 is 34.2 Å². The molecule has 1 aromatic heterocycles. The molecule has 2 heterocycles. The molecule has 150 valence electrons. The number of aliphatic carboxylic acids is 1. The first-order valence-corrected chi connectivity index (χ1v) is 8.24. The van der Waals surface area contributed by atoms with E-state index in [1.165, 1.54) is 6.08 Å². The van der Waals surface area contributed by atoms with Gasteiger partial charge in [-0.25, -0.2) is 9.78 Å². The minimum absolute atomic E-state index is 0.214. The number of aromatic nitrogens is 1. The van der Waals surface area contributed by atoms with Gasteiger partial charge in [0.1, 0.15) is 5.82 Å². The summed E-state index contributed by atoms with van der Waals surface area (Å²) in [5.41, 5.74) is 6.73. The number of pyridine rings is 1. The van der Waals surface area contributed by atoms with Crippen LogP contribution in [0.1, 0.15) is 6.42 Å². The first-order valence-electron chi connectivity index (χ1n) is 8.24. The van der Waals surface area contributed by atoms with E-state index in [-0.39, 0.29) is 11.9 Å². The number of nitrogens with one attached hydrogen (secondary N) is 1. The van der Waals surface area contributed by atoms with Gasteiger partial charge in [-0.15, -0.1) is 0 Å². The second kappa shape index (κ2) is 8.70. The summed E-state index contributed by atoms with van der Waals surface area (Å²) in [6.45, 7) is 5.22. The molecule has 0 radical (unpaired) electrons. The highest BCUT2D eigenvalue weighted by Crippen LogP contribution is 2.28. The number of carbonyl (C=O) groups excluding carboxylic acids is 1. The van der Waals surface area contributed by atoms with E-state index in [0.717, 1.165) is 41.8 Å². The van der Waals surface area contributed by atoms with E-state index in [2.05, 4.69) is 21.8 Å². The van der Waals surface area contributed by atoms with E-state index in [9.17, 15) is 18.0 Å². The molecular weight excluding hydrogens is 377 g/mol. The van der Waals surface area contributed by atoms with Gasteiger partial charge in [0.15, 0.2) is 0 Å². The number of rotatable bonds is 3. The summed E-state index contributed by atoms with van der Waals surface area (Å²) in [5, 5.41) is 12.0. The van der Waals surface area contributed by atoms with Crippen LogP contribution in [-0.4, -0.2) is 47.3 Å². The van der Waals surface area contributed by atoms with Crippen LogP contribution in [0.2, 0.25) is 0 Å². The van der Waals surface area contributed by atoms with E-state index < -0.39 is 12.1 Å². The minimum Gasteiger partial charge on any atom is -0.475 e. The number of nitrogens with two attached hydrogens (primary N) is 1. The summed E-state index contributed by atoms with van der Waals surface area (Å²) in [7, 11) is 0. The molecule has 0 saturated carbocycles. The second-order valence-electron chi connectivity index (χ2n) is 6.06. The van der Waals surface area contributed by atoms with Crippen LogP contribution in [0.4, 0.5) is 24.7 Å². The highest BCUT2D eigenvalue weighted by atomic mass is 19.4. The van der Waals surface area contributed by atoms with Crippen molar-refractivity contribution in [2.75, 3.05) is 23.3 Å². The number of hydrogen-bond donors (Lipinski definition) is 3. The third-order valence-corrected chi connectivity index (χ3v) is 3.96. The first kappa shape index (κ1) is 21.2. The standard InChI is InChI=1S/C16H18N4O.C2HF3O2/c1-2-15(21)19-13-3-4-14-11(9-13)5-7-18-16(14)20-8-6-12(17)10-20;3-2(4,5)1(6)7/h2-5,7,9,12H,1,6,8,10,17H2,(H,19,21);(H,6,7). The zero-order valence-electron chi connectivity index (χ0n) is 14.7. The highest BCUT2D eigenvalue weighted by molar-refractivity contribution is 6.01. The highest BCUT2D eigenvalue weighted by Gasteiger charge is 2.38. The number of nitrogens with zero attached hydrogens (tertiary/aromatic N) is 2. The maximum atomic E-state index is 11.4. The van der Waals surface area contributed by atoms with Crippen LogP contribution in [0.5, 0.6) is 0 Å². The molecular formula is C18H19F3N4O3. The fourth-order valence-corrected chi connectivity index (χ4v) is 2.66. The normalized spacial score (nSPS) is 16.3. The Labute approximate surface area is 158 Å². The number of amides is 1. The molecule has 2 aromatic rings. The Morgan fingerprint density at radius 1 is 1.36 bits per heavy atom. The summed E-state index contributed by atoms with van der Waals surface area (Å²) < 4.78 is 31.7. The fraction of sp³-hybridized carbons (Fsp3) is 0.278. The van der Waals surface area contributed by atoms with Crippen LogP contribution in [0.15, 0.2) is 43.1 Å². The molecule has 28 heavy (non-hydrogen) atoms. The molecule has 7 nitrogen and oxygen atoms in total. The molecule has 1 aliphatic rings. The van der Waals surface area contributed by atoms with E-state index in [1.807, 2.05) is 24.3 Å². The number of alkyl halides is 3. The number of halogens is 3. The Morgan fingerprint density at radius 2 is 2.04 bits per heavy atom. The summed E-state index contributed by atoms with van der Waals surface area (Å²) in [5.74, 6) is -2.01. The molecule has 1 amide bonds. The van der Waals surface area contributed by atoms with Gasteiger partial charge in [0.05, 0.1) is 0 Å². The average molecular weight is 396 g/mol. The lowest BCUT2D eigenvalue weighted by atomic mass is 10.1. The number of carboxylic acid groups (broad SMARTS) is 1. The number of anilines is 2. The number of carboxylic acids is 1. The third kappa shape index (κ3) is 5.43. The zero-order chi connectivity index (χ0) is 20.9. The topological polar surface area (TPSA) is 109 Å². The summed E-state index contributed by atoms with van der Waals surface area (Å²) in [6.07, 6.45) is -1.04. The van der Waals surface area contributed by atoms with Crippen molar-refractivity contribution in [3.63, 3.8) is 0 Å². The van der Waals surface area contributed by atoms with Crippen molar-refractivity contribution in [2.45, 2.75) is 18.6 Å². The van der Waals surface area contributed by atoms with Crippen LogP contribution in [-0.2, 0) is 9.59 Å². The molecule has 1 unspecified atom stereocenters. The average Bonchev–Trinajstić information content (AvgIpc) is 3.06. The Morgan fingerprint density at radius 3 is 2.57 bits per heavy atom. The van der Waals surface area contributed by atoms with Gasteiger partial charge in [0, 0.05) is 36.4 Å². The fourth-order valence-electron chi connectivity index (χ4n) is 2.66. The molecule has 3 rings (SSSR count). The third-order valence-electron chi connectivity index (χ3n) is 3.96. The predicted molar refractivity (Wildman–Crippen MR) is 99.1 cm³/mol. The van der Waals surface area contributed by atoms with E-state index >= 15 is 0 Å². The summed E-state index contributed by atoms with van der Waals surface area (Å²) in [4.78, 5) is 27.0. The predicted octanol–water partition coefficient (Wildman–Crippen LogP) is 2.53. The van der Waals surface area contributed by atoms with Crippen molar-refractivity contribution in [1.82, 2.24) is 4.98 Å². The van der Waals surface area contributed by atoms with Gasteiger partial charge < -0.3 is 21.1 Å². The lowest BCUT2D eigenvalue weighted by Gasteiger charge is -2.19. The van der Waals surface area contributed by atoms with Gasteiger partial charge in [0.25, 0.3) is 0 Å². The van der Waals surface area contributed by atoms with Crippen molar-refractivity contribution < 1.29 is 27.9 Å². The molecule has 0 aliphatic carbocycles. The molecule has 4 N–H and O–H groups in total. The lowest BCUT2D eigenvalue weighted by Crippen LogP contribution is -2.26. The summed E-state index contributed by atoms with van der Waals surface area (Å²) in [6, 6.07) is 7.97. The molecule has 1 fully saturated rings. The number of fused-ring (bicyclic) bond motifs is 1. The van der Waals surface area contributed by atoms with Crippen molar-refractivity contribution in [1.29, 1.82) is 0 Å². The Kier molecular flexibility index (Phi) is 6.57. The Balaban J connectivity index is 0.000000345. The molecule has 1 aliphatic heterocycles. The van der Waals surface area contributed by atoms with Crippen LogP contribution < -0.4 is 16.0 Å². The van der Waals surface area contributed by atoms with Gasteiger partial charge in [0.2, 0.25) is 5.91 Å². The van der Waals surface area contributed by atoms with Crippen LogP contribution in [0.25, 0.3) is 10.8 Å². The monoisotopic (exact) mass is 396 g/mol. The van der Waals surface area contributed by atoms with Crippen LogP contribution in [0.3, 0.4) is 0 Å². The van der Waals surface area contributed by atoms with Crippen LogP contribution >= 0.6 is 0 Å². The van der Waals surface area contributed by atoms with E-state index in [1.54, 1.807) is 6.20 Å². The summed E-state index contributed by atoms with van der Waals surface area (Å²) >= 11 is 0.